The number of nitrogens with one attached hydrogen (secondary N) is 3. The lowest BCUT2D eigenvalue weighted by atomic mass is 10.1. The highest BCUT2D eigenvalue weighted by Crippen LogP contribution is 2.28. The maximum Gasteiger partial charge on any atom is 0.239 e. The van der Waals surface area contributed by atoms with Crippen LogP contribution in [0.2, 0.25) is 0 Å². The lowest BCUT2D eigenvalue weighted by Gasteiger charge is -2.34. The van der Waals surface area contributed by atoms with Gasteiger partial charge in [0.25, 0.3) is 0 Å². The minimum absolute atomic E-state index is 0.0343. The van der Waals surface area contributed by atoms with Gasteiger partial charge in [-0.2, -0.15) is 0 Å². The zero-order valence-electron chi connectivity index (χ0n) is 19.0. The predicted molar refractivity (Wildman–Crippen MR) is 134 cm³/mol. The summed E-state index contributed by atoms with van der Waals surface area (Å²) in [6.45, 7) is 1.46. The van der Waals surface area contributed by atoms with Crippen molar-refractivity contribution in [1.29, 1.82) is 0 Å². The molecule has 3 N–H and O–H groups in total. The van der Waals surface area contributed by atoms with Gasteiger partial charge in [-0.1, -0.05) is 30.3 Å². The standard InChI is InChI=1S/C25H26N6O3S/c32-23(15-27-21-10-4-5-11-22(21)35(33,34)19-8-2-1-3-9-19)30-18-7-6-14-31(16-18)25-20-12-13-26-24(20)28-17-29-25/h1-5,8-13,17-18,27H,6-7,14-16H2,(H,30,32)(H,26,28,29)/t18-/m1/s1. The van der Waals surface area contributed by atoms with Crippen LogP contribution in [-0.2, 0) is 14.6 Å². The zero-order valence-corrected chi connectivity index (χ0v) is 19.8. The number of hydrogen-bond donors (Lipinski definition) is 3. The molecule has 4 aromatic rings. The molecule has 2 aromatic heterocycles. The number of rotatable bonds is 7. The number of carbonyl (C=O) groups is 1. The first-order chi connectivity index (χ1) is 17.0. The van der Waals surface area contributed by atoms with Crippen LogP contribution in [0.3, 0.4) is 0 Å². The van der Waals surface area contributed by atoms with Crippen LogP contribution in [0.1, 0.15) is 12.8 Å². The number of fused-ring (bicyclic) bond motifs is 1. The highest BCUT2D eigenvalue weighted by Gasteiger charge is 2.25. The fourth-order valence-electron chi connectivity index (χ4n) is 4.43. The molecule has 35 heavy (non-hydrogen) atoms. The molecule has 0 unspecified atom stereocenters. The Labute approximate surface area is 203 Å². The van der Waals surface area contributed by atoms with E-state index in [2.05, 4.69) is 30.5 Å². The Balaban J connectivity index is 1.24. The van der Waals surface area contributed by atoms with Crippen molar-refractivity contribution >= 4 is 38.3 Å². The van der Waals surface area contributed by atoms with Gasteiger partial charge in [0, 0.05) is 25.3 Å². The Morgan fingerprint density at radius 2 is 1.86 bits per heavy atom. The number of H-pyrrole nitrogens is 1. The minimum atomic E-state index is -3.71. The summed E-state index contributed by atoms with van der Waals surface area (Å²) in [6, 6.07) is 16.8. The summed E-state index contributed by atoms with van der Waals surface area (Å²) >= 11 is 0. The summed E-state index contributed by atoms with van der Waals surface area (Å²) in [4.78, 5) is 27.1. The van der Waals surface area contributed by atoms with Crippen LogP contribution in [0.25, 0.3) is 11.0 Å². The minimum Gasteiger partial charge on any atom is -0.375 e. The summed E-state index contributed by atoms with van der Waals surface area (Å²) in [5, 5.41) is 7.05. The molecule has 3 heterocycles. The van der Waals surface area contributed by atoms with Gasteiger partial charge in [0.1, 0.15) is 17.8 Å². The molecule has 0 aliphatic carbocycles. The number of hydrogen-bond acceptors (Lipinski definition) is 7. The van der Waals surface area contributed by atoms with Gasteiger partial charge in [-0.05, 0) is 43.2 Å². The number of benzene rings is 2. The monoisotopic (exact) mass is 490 g/mol. The Morgan fingerprint density at radius 1 is 1.06 bits per heavy atom. The molecule has 1 fully saturated rings. The van der Waals surface area contributed by atoms with Gasteiger partial charge in [0.15, 0.2) is 0 Å². The van der Waals surface area contributed by atoms with Gasteiger partial charge in [-0.3, -0.25) is 4.79 Å². The summed E-state index contributed by atoms with van der Waals surface area (Å²) in [6.07, 6.45) is 5.17. The number of piperidine rings is 1. The first-order valence-electron chi connectivity index (χ1n) is 11.5. The number of nitrogens with zero attached hydrogens (tertiary/aromatic N) is 3. The Hall–Kier alpha value is -3.92. The van der Waals surface area contributed by atoms with Crippen molar-refractivity contribution in [2.75, 3.05) is 29.9 Å². The quantitative estimate of drug-likeness (QED) is 0.364. The number of anilines is 2. The number of carbonyl (C=O) groups excluding carboxylic acids is 1. The maximum absolute atomic E-state index is 13.1. The average Bonchev–Trinajstić information content (AvgIpc) is 3.37. The van der Waals surface area contributed by atoms with E-state index in [1.807, 2.05) is 12.3 Å². The Morgan fingerprint density at radius 3 is 2.71 bits per heavy atom. The molecule has 0 bridgehead atoms. The van der Waals surface area contributed by atoms with Crippen LogP contribution in [0.15, 0.2) is 83.0 Å². The molecule has 10 heteroatoms. The number of para-hydroxylation sites is 1. The fraction of sp³-hybridized carbons (Fsp3) is 0.240. The summed E-state index contributed by atoms with van der Waals surface area (Å²) in [5.41, 5.74) is 1.18. The van der Waals surface area contributed by atoms with Gasteiger partial charge in [-0.25, -0.2) is 18.4 Å². The molecule has 0 spiro atoms. The highest BCUT2D eigenvalue weighted by atomic mass is 32.2. The number of amides is 1. The number of aromatic amines is 1. The van der Waals surface area contributed by atoms with Crippen LogP contribution in [0.5, 0.6) is 0 Å². The van der Waals surface area contributed by atoms with E-state index in [0.29, 0.717) is 12.2 Å². The van der Waals surface area contributed by atoms with E-state index in [0.717, 1.165) is 36.2 Å². The molecule has 1 atom stereocenters. The lowest BCUT2D eigenvalue weighted by molar-refractivity contribution is -0.120. The van der Waals surface area contributed by atoms with E-state index >= 15 is 0 Å². The van der Waals surface area contributed by atoms with E-state index < -0.39 is 9.84 Å². The molecule has 180 valence electrons. The van der Waals surface area contributed by atoms with E-state index in [-0.39, 0.29) is 28.3 Å². The molecule has 1 saturated heterocycles. The van der Waals surface area contributed by atoms with Crippen molar-refractivity contribution in [3.05, 3.63) is 73.2 Å². The van der Waals surface area contributed by atoms with Crippen LogP contribution < -0.4 is 15.5 Å². The van der Waals surface area contributed by atoms with Gasteiger partial charge in [0.2, 0.25) is 15.7 Å². The van der Waals surface area contributed by atoms with Crippen LogP contribution in [0, 0.1) is 0 Å². The maximum atomic E-state index is 13.1. The second-order valence-electron chi connectivity index (χ2n) is 8.46. The van der Waals surface area contributed by atoms with Crippen LogP contribution in [-0.4, -0.2) is 55.0 Å². The fourth-order valence-corrected chi connectivity index (χ4v) is 5.88. The topological polar surface area (TPSA) is 120 Å². The summed E-state index contributed by atoms with van der Waals surface area (Å²) < 4.78 is 26.2. The Kier molecular flexibility index (Phi) is 6.37. The van der Waals surface area contributed by atoms with Gasteiger partial charge in [0.05, 0.1) is 27.4 Å². The third-order valence-electron chi connectivity index (χ3n) is 6.09. The number of aromatic nitrogens is 3. The SMILES string of the molecule is O=C(CNc1ccccc1S(=O)(=O)c1ccccc1)N[C@@H]1CCCN(c2ncnc3[nH]ccc23)C1. The van der Waals surface area contributed by atoms with Crippen LogP contribution >= 0.6 is 0 Å². The zero-order chi connectivity index (χ0) is 24.3. The van der Waals surface area contributed by atoms with E-state index in [4.69, 9.17) is 0 Å². The molecular formula is C25H26N6O3S. The molecule has 2 aromatic carbocycles. The first kappa shape index (κ1) is 22.9. The van der Waals surface area contributed by atoms with Crippen molar-refractivity contribution < 1.29 is 13.2 Å². The van der Waals surface area contributed by atoms with E-state index in [9.17, 15) is 13.2 Å². The second-order valence-corrected chi connectivity index (χ2v) is 10.4. The van der Waals surface area contributed by atoms with E-state index in [1.165, 1.54) is 0 Å². The van der Waals surface area contributed by atoms with Gasteiger partial charge < -0.3 is 20.5 Å². The molecule has 1 aliphatic rings. The van der Waals surface area contributed by atoms with Gasteiger partial charge in [-0.15, -0.1) is 0 Å². The van der Waals surface area contributed by atoms with Crippen LogP contribution in [0.4, 0.5) is 11.5 Å². The van der Waals surface area contributed by atoms with Crippen molar-refractivity contribution in [3.8, 4) is 0 Å². The molecule has 1 amide bonds. The molecular weight excluding hydrogens is 464 g/mol. The third kappa shape index (κ3) is 4.83. The molecule has 5 rings (SSSR count). The lowest BCUT2D eigenvalue weighted by Crippen LogP contribution is -2.49. The molecule has 1 aliphatic heterocycles. The molecule has 9 nitrogen and oxygen atoms in total. The summed E-state index contributed by atoms with van der Waals surface area (Å²) in [7, 11) is -3.71. The van der Waals surface area contributed by atoms with Crippen molar-refractivity contribution in [1.82, 2.24) is 20.3 Å². The van der Waals surface area contributed by atoms with Gasteiger partial charge >= 0.3 is 0 Å². The highest BCUT2D eigenvalue weighted by molar-refractivity contribution is 7.91. The number of sulfone groups is 1. The average molecular weight is 491 g/mol. The largest absolute Gasteiger partial charge is 0.375 e. The molecule has 0 saturated carbocycles. The smallest absolute Gasteiger partial charge is 0.239 e. The predicted octanol–water partition coefficient (Wildman–Crippen LogP) is 2.99. The van der Waals surface area contributed by atoms with Crippen molar-refractivity contribution in [2.45, 2.75) is 28.7 Å². The second kappa shape index (κ2) is 9.75. The first-order valence-corrected chi connectivity index (χ1v) is 13.0. The molecule has 0 radical (unpaired) electrons. The van der Waals surface area contributed by atoms with E-state index in [1.54, 1.807) is 60.9 Å². The normalized spacial score (nSPS) is 16.2. The van der Waals surface area contributed by atoms with Crippen molar-refractivity contribution in [3.63, 3.8) is 0 Å². The Bertz CT molecular complexity index is 1440. The summed E-state index contributed by atoms with van der Waals surface area (Å²) in [5.74, 6) is 0.659. The van der Waals surface area contributed by atoms with Crippen molar-refractivity contribution in [2.24, 2.45) is 0 Å². The third-order valence-corrected chi connectivity index (χ3v) is 7.92.